The van der Waals surface area contributed by atoms with E-state index in [4.69, 9.17) is 0 Å². The van der Waals surface area contributed by atoms with Crippen molar-refractivity contribution in [2.45, 2.75) is 39.2 Å². The average molecular weight is 319 g/mol. The first-order valence-corrected chi connectivity index (χ1v) is 8.18. The van der Waals surface area contributed by atoms with E-state index in [0.717, 1.165) is 10.6 Å². The fraction of sp³-hybridized carbons (Fsp3) is 0.438. The predicted octanol–water partition coefficient (Wildman–Crippen LogP) is 3.00. The molecule has 5 nitrogen and oxygen atoms in total. The van der Waals surface area contributed by atoms with E-state index in [1.54, 1.807) is 23.9 Å². The van der Waals surface area contributed by atoms with E-state index < -0.39 is 0 Å². The van der Waals surface area contributed by atoms with Crippen LogP contribution in [-0.2, 0) is 7.05 Å². The lowest BCUT2D eigenvalue weighted by atomic mass is 10.1. The Balaban J connectivity index is 1.98. The Labute approximate surface area is 134 Å². The van der Waals surface area contributed by atoms with Gasteiger partial charge in [0, 0.05) is 19.5 Å². The normalized spacial score (nSPS) is 12.4. The number of carbonyl (C=O) groups excluding carboxylic acids is 2. The van der Waals surface area contributed by atoms with Gasteiger partial charge in [0.25, 0.3) is 5.91 Å². The van der Waals surface area contributed by atoms with Crippen molar-refractivity contribution in [3.8, 4) is 0 Å². The topological polar surface area (TPSA) is 64.0 Å². The lowest BCUT2D eigenvalue weighted by molar-refractivity contribution is 0.0912. The Bertz CT molecular complexity index is 659. The van der Waals surface area contributed by atoms with Crippen LogP contribution < -0.4 is 5.32 Å². The summed E-state index contributed by atoms with van der Waals surface area (Å²) < 4.78 is 1.58. The smallest absolute Gasteiger partial charge is 0.269 e. The molecule has 2 aromatic rings. The number of ketones is 1. The van der Waals surface area contributed by atoms with Gasteiger partial charge in [-0.15, -0.1) is 11.3 Å². The van der Waals surface area contributed by atoms with Crippen LogP contribution in [0.3, 0.4) is 0 Å². The van der Waals surface area contributed by atoms with Crippen LogP contribution in [0, 0.1) is 0 Å². The molecule has 0 aliphatic rings. The van der Waals surface area contributed by atoms with Crippen LogP contribution >= 0.6 is 11.3 Å². The highest BCUT2D eigenvalue weighted by Gasteiger charge is 2.18. The van der Waals surface area contributed by atoms with E-state index in [1.165, 1.54) is 11.3 Å². The summed E-state index contributed by atoms with van der Waals surface area (Å²) in [7, 11) is 1.75. The molecule has 1 atom stereocenters. The Kier molecular flexibility index (Phi) is 5.13. The van der Waals surface area contributed by atoms with E-state index in [2.05, 4.69) is 10.4 Å². The molecule has 0 radical (unpaired) electrons. The molecular formula is C16H21N3O2S. The monoisotopic (exact) mass is 319 g/mol. The maximum atomic E-state index is 12.3. The molecule has 0 aliphatic carbocycles. The van der Waals surface area contributed by atoms with E-state index in [-0.39, 0.29) is 23.7 Å². The standard InChI is InChI=1S/C16H21N3O2S/c1-10(2)12-9-13(19(4)18-12)16(21)17-11(3)8-14(20)15-6-5-7-22-15/h5-7,9-11H,8H2,1-4H3,(H,17,21). The Morgan fingerprint density at radius 1 is 1.36 bits per heavy atom. The van der Waals surface area contributed by atoms with E-state index in [1.807, 2.05) is 32.2 Å². The van der Waals surface area contributed by atoms with Crippen molar-refractivity contribution in [1.29, 1.82) is 0 Å². The molecule has 0 saturated carbocycles. The van der Waals surface area contributed by atoms with Gasteiger partial charge in [-0.2, -0.15) is 5.10 Å². The van der Waals surface area contributed by atoms with Crippen molar-refractivity contribution in [2.24, 2.45) is 7.05 Å². The molecule has 118 valence electrons. The van der Waals surface area contributed by atoms with E-state index >= 15 is 0 Å². The number of nitrogens with zero attached hydrogens (tertiary/aromatic N) is 2. The second-order valence-electron chi connectivity index (χ2n) is 5.71. The van der Waals surface area contributed by atoms with Gasteiger partial charge in [-0.3, -0.25) is 14.3 Å². The number of thiophene rings is 1. The van der Waals surface area contributed by atoms with Crippen molar-refractivity contribution >= 4 is 23.0 Å². The predicted molar refractivity (Wildman–Crippen MR) is 87.5 cm³/mol. The Morgan fingerprint density at radius 3 is 2.64 bits per heavy atom. The minimum atomic E-state index is -0.223. The summed E-state index contributed by atoms with van der Waals surface area (Å²) in [4.78, 5) is 25.1. The van der Waals surface area contributed by atoms with E-state index in [0.29, 0.717) is 12.1 Å². The largest absolute Gasteiger partial charge is 0.348 e. The van der Waals surface area contributed by atoms with Gasteiger partial charge in [0.2, 0.25) is 0 Å². The maximum Gasteiger partial charge on any atom is 0.269 e. The first-order chi connectivity index (χ1) is 10.4. The molecule has 0 aliphatic heterocycles. The Morgan fingerprint density at radius 2 is 2.09 bits per heavy atom. The first-order valence-electron chi connectivity index (χ1n) is 7.30. The van der Waals surface area contributed by atoms with Gasteiger partial charge >= 0.3 is 0 Å². The third-order valence-corrected chi connectivity index (χ3v) is 4.30. The minimum Gasteiger partial charge on any atom is -0.348 e. The number of carbonyl (C=O) groups is 2. The van der Waals surface area contributed by atoms with Crippen LogP contribution in [0.2, 0.25) is 0 Å². The fourth-order valence-corrected chi connectivity index (χ4v) is 2.82. The number of nitrogens with one attached hydrogen (secondary N) is 1. The summed E-state index contributed by atoms with van der Waals surface area (Å²) in [5.74, 6) is 0.120. The second kappa shape index (κ2) is 6.87. The van der Waals surface area contributed by atoms with Gasteiger partial charge in [-0.25, -0.2) is 0 Å². The zero-order valence-corrected chi connectivity index (χ0v) is 14.1. The second-order valence-corrected chi connectivity index (χ2v) is 6.66. The van der Waals surface area contributed by atoms with Gasteiger partial charge in [-0.05, 0) is 30.4 Å². The Hall–Kier alpha value is -1.95. The van der Waals surface area contributed by atoms with Crippen molar-refractivity contribution in [3.05, 3.63) is 39.8 Å². The van der Waals surface area contributed by atoms with E-state index in [9.17, 15) is 9.59 Å². The molecule has 22 heavy (non-hydrogen) atoms. The lowest BCUT2D eigenvalue weighted by Crippen LogP contribution is -2.35. The van der Waals surface area contributed by atoms with Crippen molar-refractivity contribution in [1.82, 2.24) is 15.1 Å². The molecule has 0 aromatic carbocycles. The highest BCUT2D eigenvalue weighted by atomic mass is 32.1. The number of Topliss-reactive ketones (excluding diaryl/α,β-unsaturated/α-hetero) is 1. The summed E-state index contributed by atoms with van der Waals surface area (Å²) in [5, 5.41) is 9.07. The van der Waals surface area contributed by atoms with Crippen molar-refractivity contribution in [3.63, 3.8) is 0 Å². The molecule has 1 amide bonds. The van der Waals surface area contributed by atoms with Gasteiger partial charge in [0.15, 0.2) is 5.78 Å². The maximum absolute atomic E-state index is 12.3. The number of aromatic nitrogens is 2. The summed E-state index contributed by atoms with van der Waals surface area (Å²) in [6.07, 6.45) is 0.293. The minimum absolute atomic E-state index is 0.0516. The third-order valence-electron chi connectivity index (χ3n) is 3.39. The van der Waals surface area contributed by atoms with Gasteiger partial charge in [-0.1, -0.05) is 19.9 Å². The van der Waals surface area contributed by atoms with Crippen molar-refractivity contribution < 1.29 is 9.59 Å². The number of hydrogen-bond donors (Lipinski definition) is 1. The highest BCUT2D eigenvalue weighted by molar-refractivity contribution is 7.12. The molecule has 2 aromatic heterocycles. The van der Waals surface area contributed by atoms with Crippen LogP contribution in [0.4, 0.5) is 0 Å². The zero-order chi connectivity index (χ0) is 16.3. The number of hydrogen-bond acceptors (Lipinski definition) is 4. The quantitative estimate of drug-likeness (QED) is 0.833. The van der Waals surface area contributed by atoms with Crippen LogP contribution in [-0.4, -0.2) is 27.5 Å². The summed E-state index contributed by atoms with van der Waals surface area (Å²) in [5.41, 5.74) is 1.40. The molecular weight excluding hydrogens is 298 g/mol. The number of amides is 1. The highest BCUT2D eigenvalue weighted by Crippen LogP contribution is 2.15. The first kappa shape index (κ1) is 16.4. The average Bonchev–Trinajstić information content (AvgIpc) is 3.07. The van der Waals surface area contributed by atoms with Crippen LogP contribution in [0.1, 0.15) is 59.0 Å². The SMILES string of the molecule is CC(CC(=O)c1cccs1)NC(=O)c1cc(C(C)C)nn1C. The molecule has 1 unspecified atom stereocenters. The molecule has 2 heterocycles. The summed E-state index contributed by atoms with van der Waals surface area (Å²) in [6.45, 7) is 5.90. The van der Waals surface area contributed by atoms with Crippen LogP contribution in [0.25, 0.3) is 0 Å². The lowest BCUT2D eigenvalue weighted by Gasteiger charge is -2.12. The van der Waals surface area contributed by atoms with Gasteiger partial charge in [0.1, 0.15) is 5.69 Å². The van der Waals surface area contributed by atoms with Crippen molar-refractivity contribution in [2.75, 3.05) is 0 Å². The zero-order valence-electron chi connectivity index (χ0n) is 13.3. The number of aryl methyl sites for hydroxylation is 1. The molecule has 2 rings (SSSR count). The fourth-order valence-electron chi connectivity index (χ4n) is 2.15. The third kappa shape index (κ3) is 3.82. The molecule has 0 saturated heterocycles. The van der Waals surface area contributed by atoms with Gasteiger partial charge in [0.05, 0.1) is 10.6 Å². The molecule has 0 bridgehead atoms. The molecule has 6 heteroatoms. The molecule has 1 N–H and O–H groups in total. The summed E-state index contributed by atoms with van der Waals surface area (Å²) >= 11 is 1.42. The molecule has 0 fully saturated rings. The molecule has 0 spiro atoms. The van der Waals surface area contributed by atoms with Crippen LogP contribution in [0.5, 0.6) is 0 Å². The number of rotatable bonds is 6. The van der Waals surface area contributed by atoms with Gasteiger partial charge < -0.3 is 5.32 Å². The summed E-state index contributed by atoms with van der Waals surface area (Å²) in [6, 6.07) is 5.23. The van der Waals surface area contributed by atoms with Crippen LogP contribution in [0.15, 0.2) is 23.6 Å².